The molecule has 1 aliphatic rings. The Morgan fingerprint density at radius 1 is 1.70 bits per heavy atom. The lowest BCUT2D eigenvalue weighted by Gasteiger charge is -2.35. The maximum Gasteiger partial charge on any atom is 0.274 e. The van der Waals surface area contributed by atoms with Gasteiger partial charge in [-0.15, -0.1) is 0 Å². The van der Waals surface area contributed by atoms with Crippen LogP contribution in [0.5, 0.6) is 0 Å². The Morgan fingerprint density at radius 2 is 2.45 bits per heavy atom. The van der Waals surface area contributed by atoms with Gasteiger partial charge in [-0.05, 0) is 25.7 Å². The number of aromatic nitrogens is 2. The SMILES string of the molecule is CCn1cc(N)c(C(=O)NCC2(O)CCCC(C)C2)n1. The van der Waals surface area contributed by atoms with Gasteiger partial charge in [0.1, 0.15) is 0 Å². The van der Waals surface area contributed by atoms with Gasteiger partial charge in [-0.25, -0.2) is 0 Å². The van der Waals surface area contributed by atoms with Crippen molar-refractivity contribution in [2.45, 2.75) is 51.7 Å². The van der Waals surface area contributed by atoms with Crippen molar-refractivity contribution in [2.24, 2.45) is 5.92 Å². The van der Waals surface area contributed by atoms with E-state index < -0.39 is 5.60 Å². The van der Waals surface area contributed by atoms with Crippen molar-refractivity contribution < 1.29 is 9.90 Å². The number of rotatable bonds is 4. The van der Waals surface area contributed by atoms with Gasteiger partial charge in [0.05, 0.1) is 11.3 Å². The zero-order valence-corrected chi connectivity index (χ0v) is 12.2. The lowest BCUT2D eigenvalue weighted by molar-refractivity contribution is -0.0109. The first-order valence-corrected chi connectivity index (χ1v) is 7.27. The molecule has 1 fully saturated rings. The molecule has 20 heavy (non-hydrogen) atoms. The minimum atomic E-state index is -0.796. The number of nitrogens with one attached hydrogen (secondary N) is 1. The van der Waals surface area contributed by atoms with Crippen molar-refractivity contribution >= 4 is 11.6 Å². The average Bonchev–Trinajstić information content (AvgIpc) is 2.77. The van der Waals surface area contributed by atoms with Crippen molar-refractivity contribution in [2.75, 3.05) is 12.3 Å². The first-order chi connectivity index (χ1) is 9.43. The normalized spacial score (nSPS) is 26.4. The summed E-state index contributed by atoms with van der Waals surface area (Å²) >= 11 is 0. The Kier molecular flexibility index (Phi) is 4.32. The van der Waals surface area contributed by atoms with E-state index in [-0.39, 0.29) is 18.1 Å². The Labute approximate surface area is 119 Å². The standard InChI is InChI=1S/C14H24N4O2/c1-3-18-8-11(15)12(17-18)13(19)16-9-14(20)6-4-5-10(2)7-14/h8,10,20H,3-7,9,15H2,1-2H3,(H,16,19). The van der Waals surface area contributed by atoms with E-state index in [1.807, 2.05) is 6.92 Å². The highest BCUT2D eigenvalue weighted by Gasteiger charge is 2.33. The monoisotopic (exact) mass is 280 g/mol. The third kappa shape index (κ3) is 3.30. The second kappa shape index (κ2) is 5.83. The third-order valence-corrected chi connectivity index (χ3v) is 3.97. The van der Waals surface area contributed by atoms with Crippen LogP contribution in [0.1, 0.15) is 50.0 Å². The molecule has 1 aromatic heterocycles. The topological polar surface area (TPSA) is 93.2 Å². The number of carbonyl (C=O) groups is 1. The fraction of sp³-hybridized carbons (Fsp3) is 0.714. The molecule has 0 aromatic carbocycles. The van der Waals surface area contributed by atoms with Crippen LogP contribution in [0.4, 0.5) is 5.69 Å². The van der Waals surface area contributed by atoms with Crippen LogP contribution < -0.4 is 11.1 Å². The predicted octanol–water partition coefficient (Wildman–Crippen LogP) is 1.16. The Hall–Kier alpha value is -1.56. The van der Waals surface area contributed by atoms with Crippen LogP contribution in [-0.2, 0) is 6.54 Å². The number of anilines is 1. The maximum absolute atomic E-state index is 12.1. The van der Waals surface area contributed by atoms with Gasteiger partial charge in [0.2, 0.25) is 0 Å². The molecule has 6 heteroatoms. The van der Waals surface area contributed by atoms with E-state index in [0.29, 0.717) is 18.2 Å². The van der Waals surface area contributed by atoms with Crippen molar-refractivity contribution in [3.8, 4) is 0 Å². The summed E-state index contributed by atoms with van der Waals surface area (Å²) in [4.78, 5) is 12.1. The smallest absolute Gasteiger partial charge is 0.274 e. The fourth-order valence-corrected chi connectivity index (χ4v) is 2.90. The van der Waals surface area contributed by atoms with E-state index in [0.717, 1.165) is 25.7 Å². The molecule has 0 bridgehead atoms. The summed E-state index contributed by atoms with van der Waals surface area (Å²) in [6, 6.07) is 0. The second-order valence-electron chi connectivity index (χ2n) is 5.90. The van der Waals surface area contributed by atoms with E-state index in [2.05, 4.69) is 17.3 Å². The van der Waals surface area contributed by atoms with Crippen LogP contribution in [0.15, 0.2) is 6.20 Å². The maximum atomic E-state index is 12.1. The molecule has 0 radical (unpaired) electrons. The van der Waals surface area contributed by atoms with Crippen LogP contribution in [0, 0.1) is 5.92 Å². The molecule has 1 saturated carbocycles. The van der Waals surface area contributed by atoms with Crippen LogP contribution in [0.2, 0.25) is 0 Å². The van der Waals surface area contributed by atoms with E-state index in [1.165, 1.54) is 0 Å². The Morgan fingerprint density at radius 3 is 3.05 bits per heavy atom. The molecule has 0 spiro atoms. The van der Waals surface area contributed by atoms with Crippen LogP contribution >= 0.6 is 0 Å². The summed E-state index contributed by atoms with van der Waals surface area (Å²) < 4.78 is 1.63. The predicted molar refractivity (Wildman–Crippen MR) is 77.2 cm³/mol. The molecule has 1 amide bonds. The number of aliphatic hydroxyl groups is 1. The zero-order valence-electron chi connectivity index (χ0n) is 12.2. The summed E-state index contributed by atoms with van der Waals surface area (Å²) in [6.45, 7) is 4.99. The quantitative estimate of drug-likeness (QED) is 0.771. The molecule has 1 aromatic rings. The summed E-state index contributed by atoms with van der Waals surface area (Å²) in [7, 11) is 0. The zero-order chi connectivity index (χ0) is 14.8. The Balaban J connectivity index is 1.96. The van der Waals surface area contributed by atoms with Crippen molar-refractivity contribution in [1.29, 1.82) is 0 Å². The molecule has 0 saturated heterocycles. The molecule has 6 nitrogen and oxygen atoms in total. The van der Waals surface area contributed by atoms with Crippen LogP contribution in [-0.4, -0.2) is 32.9 Å². The molecule has 4 N–H and O–H groups in total. The van der Waals surface area contributed by atoms with Crippen molar-refractivity contribution in [3.63, 3.8) is 0 Å². The number of amides is 1. The van der Waals surface area contributed by atoms with Crippen LogP contribution in [0.3, 0.4) is 0 Å². The van der Waals surface area contributed by atoms with Gasteiger partial charge < -0.3 is 16.2 Å². The molecule has 2 atom stereocenters. The summed E-state index contributed by atoms with van der Waals surface area (Å²) in [5.74, 6) is 0.177. The average molecular weight is 280 g/mol. The number of aryl methyl sites for hydroxylation is 1. The van der Waals surface area contributed by atoms with E-state index in [4.69, 9.17) is 5.73 Å². The minimum absolute atomic E-state index is 0.235. The minimum Gasteiger partial charge on any atom is -0.396 e. The van der Waals surface area contributed by atoms with Gasteiger partial charge in [0.25, 0.3) is 5.91 Å². The Bertz CT molecular complexity index is 486. The lowest BCUT2D eigenvalue weighted by Crippen LogP contribution is -2.46. The van der Waals surface area contributed by atoms with Gasteiger partial charge in [-0.2, -0.15) is 5.10 Å². The fourth-order valence-electron chi connectivity index (χ4n) is 2.90. The second-order valence-corrected chi connectivity index (χ2v) is 5.90. The van der Waals surface area contributed by atoms with Crippen molar-refractivity contribution in [1.82, 2.24) is 15.1 Å². The number of nitrogens with zero attached hydrogens (tertiary/aromatic N) is 2. The first kappa shape index (κ1) is 14.8. The molecule has 112 valence electrons. The summed E-state index contributed by atoms with van der Waals surface area (Å²) in [5.41, 5.74) is 5.58. The lowest BCUT2D eigenvalue weighted by atomic mass is 9.79. The van der Waals surface area contributed by atoms with Crippen molar-refractivity contribution in [3.05, 3.63) is 11.9 Å². The number of hydrogen-bond donors (Lipinski definition) is 3. The van der Waals surface area contributed by atoms with Crippen LogP contribution in [0.25, 0.3) is 0 Å². The highest BCUT2D eigenvalue weighted by atomic mass is 16.3. The van der Waals surface area contributed by atoms with Gasteiger partial charge in [0.15, 0.2) is 5.69 Å². The molecular weight excluding hydrogens is 256 g/mol. The first-order valence-electron chi connectivity index (χ1n) is 7.27. The number of hydrogen-bond acceptors (Lipinski definition) is 4. The highest BCUT2D eigenvalue weighted by Crippen LogP contribution is 2.31. The van der Waals surface area contributed by atoms with E-state index in [1.54, 1.807) is 10.9 Å². The molecule has 0 aliphatic heterocycles. The number of nitrogens with two attached hydrogens (primary N) is 1. The van der Waals surface area contributed by atoms with E-state index >= 15 is 0 Å². The van der Waals surface area contributed by atoms with Gasteiger partial charge in [0, 0.05) is 19.3 Å². The molecule has 2 unspecified atom stereocenters. The summed E-state index contributed by atoms with van der Waals surface area (Å²) in [5, 5.41) is 17.4. The van der Waals surface area contributed by atoms with Gasteiger partial charge >= 0.3 is 0 Å². The molecule has 1 aliphatic carbocycles. The molecule has 2 rings (SSSR count). The van der Waals surface area contributed by atoms with E-state index in [9.17, 15) is 9.90 Å². The van der Waals surface area contributed by atoms with Gasteiger partial charge in [-0.3, -0.25) is 9.48 Å². The largest absolute Gasteiger partial charge is 0.396 e. The molecular formula is C14H24N4O2. The molecule has 1 heterocycles. The van der Waals surface area contributed by atoms with Gasteiger partial charge in [-0.1, -0.05) is 19.8 Å². The summed E-state index contributed by atoms with van der Waals surface area (Å²) in [6.07, 6.45) is 5.25. The highest BCUT2D eigenvalue weighted by molar-refractivity contribution is 5.97. The number of carbonyl (C=O) groups excluding carboxylic acids is 1. The number of nitrogen functional groups attached to an aromatic ring is 1. The third-order valence-electron chi connectivity index (χ3n) is 3.97.